The maximum absolute atomic E-state index is 12.9. The van der Waals surface area contributed by atoms with E-state index in [2.05, 4.69) is 0 Å². The molecule has 0 saturated carbocycles. The summed E-state index contributed by atoms with van der Waals surface area (Å²) in [6.45, 7) is 0. The van der Waals surface area contributed by atoms with Crippen LogP contribution in [0.15, 0.2) is 24.3 Å². The molecule has 1 aromatic carbocycles. The summed E-state index contributed by atoms with van der Waals surface area (Å²) < 4.78 is 12.9. The Hall–Kier alpha value is -1.68. The van der Waals surface area contributed by atoms with E-state index < -0.39 is 0 Å². The normalized spacial score (nSPS) is 13.4. The van der Waals surface area contributed by atoms with Gasteiger partial charge in [0.2, 0.25) is 5.91 Å². The van der Waals surface area contributed by atoms with Crippen molar-refractivity contribution in [2.45, 2.75) is 32.1 Å². The number of rotatable bonds is 4. The lowest BCUT2D eigenvalue weighted by Gasteiger charge is -2.04. The summed E-state index contributed by atoms with van der Waals surface area (Å²) in [5, 5.41) is 0. The average Bonchev–Trinajstić information content (AvgIpc) is 2.97. The van der Waals surface area contributed by atoms with Gasteiger partial charge >= 0.3 is 0 Å². The average molecular weight is 289 g/mol. The Morgan fingerprint density at radius 2 is 1.95 bits per heavy atom. The summed E-state index contributed by atoms with van der Waals surface area (Å²) in [4.78, 5) is 14.1. The zero-order valence-corrected chi connectivity index (χ0v) is 11.9. The van der Waals surface area contributed by atoms with Crippen molar-refractivity contribution < 1.29 is 9.18 Å². The van der Waals surface area contributed by atoms with E-state index in [-0.39, 0.29) is 11.7 Å². The minimum Gasteiger partial charge on any atom is -0.366 e. The van der Waals surface area contributed by atoms with Gasteiger partial charge in [-0.3, -0.25) is 4.79 Å². The summed E-state index contributed by atoms with van der Waals surface area (Å²) in [5.74, 6) is -0.528. The lowest BCUT2D eigenvalue weighted by molar-refractivity contribution is 0.0999. The van der Waals surface area contributed by atoms with E-state index in [1.165, 1.54) is 22.6 Å². The van der Waals surface area contributed by atoms with Gasteiger partial charge in [-0.05, 0) is 55.4 Å². The fourth-order valence-corrected chi connectivity index (χ4v) is 4.23. The number of nitrogens with two attached hydrogens (primary N) is 1. The van der Waals surface area contributed by atoms with E-state index in [1.807, 2.05) is 0 Å². The molecule has 0 bridgehead atoms. The molecule has 0 atom stereocenters. The first kappa shape index (κ1) is 13.3. The fraction of sp³-hybridized carbons (Fsp3) is 0.312. The number of carbonyl (C=O) groups is 1. The number of thiophene rings is 1. The molecule has 2 aromatic rings. The summed E-state index contributed by atoms with van der Waals surface area (Å²) in [6.07, 6.45) is 4.76. The monoisotopic (exact) mass is 289 g/mol. The van der Waals surface area contributed by atoms with Crippen molar-refractivity contribution in [2.24, 2.45) is 5.73 Å². The number of carbonyl (C=O) groups excluding carboxylic acids is 1. The Bertz CT molecular complexity index is 645. The molecule has 2 nitrogen and oxygen atoms in total. The third kappa shape index (κ3) is 2.48. The zero-order valence-electron chi connectivity index (χ0n) is 11.1. The van der Waals surface area contributed by atoms with Crippen molar-refractivity contribution in [1.82, 2.24) is 0 Å². The minimum atomic E-state index is -0.307. The van der Waals surface area contributed by atoms with Crippen molar-refractivity contribution in [2.75, 3.05) is 0 Å². The molecule has 1 aliphatic carbocycles. The molecule has 104 valence electrons. The SMILES string of the molecule is NC(=O)c1c(CCc2ccc(F)cc2)sc2c1CCC2. The van der Waals surface area contributed by atoms with Crippen LogP contribution in [0.3, 0.4) is 0 Å². The van der Waals surface area contributed by atoms with Crippen molar-refractivity contribution in [3.8, 4) is 0 Å². The Morgan fingerprint density at radius 1 is 1.20 bits per heavy atom. The lowest BCUT2D eigenvalue weighted by atomic mass is 10.0. The first-order valence-corrected chi connectivity index (χ1v) is 7.64. The molecule has 1 amide bonds. The molecule has 0 saturated heterocycles. The predicted octanol–water partition coefficient (Wildman–Crippen LogP) is 3.26. The molecule has 0 radical (unpaired) electrons. The Balaban J connectivity index is 1.81. The van der Waals surface area contributed by atoms with Crippen molar-refractivity contribution in [3.63, 3.8) is 0 Å². The van der Waals surface area contributed by atoms with Crippen LogP contribution in [-0.4, -0.2) is 5.91 Å². The van der Waals surface area contributed by atoms with Gasteiger partial charge in [-0.25, -0.2) is 4.39 Å². The minimum absolute atomic E-state index is 0.221. The number of aryl methyl sites for hydroxylation is 3. The number of benzene rings is 1. The summed E-state index contributed by atoms with van der Waals surface area (Å²) in [5.41, 5.74) is 8.55. The first-order chi connectivity index (χ1) is 9.65. The third-order valence-electron chi connectivity index (χ3n) is 3.79. The maximum atomic E-state index is 12.9. The number of hydrogen-bond donors (Lipinski definition) is 1. The molecule has 2 N–H and O–H groups in total. The third-order valence-corrected chi connectivity index (χ3v) is 5.15. The van der Waals surface area contributed by atoms with E-state index in [9.17, 15) is 9.18 Å². The highest BCUT2D eigenvalue weighted by Gasteiger charge is 2.24. The maximum Gasteiger partial charge on any atom is 0.250 e. The Morgan fingerprint density at radius 3 is 2.65 bits per heavy atom. The number of amides is 1. The van der Waals surface area contributed by atoms with Gasteiger partial charge in [0.05, 0.1) is 5.56 Å². The summed E-state index contributed by atoms with van der Waals surface area (Å²) in [6, 6.07) is 6.53. The molecule has 0 unspecified atom stereocenters. The zero-order chi connectivity index (χ0) is 14.1. The van der Waals surface area contributed by atoms with Crippen LogP contribution in [0.5, 0.6) is 0 Å². The lowest BCUT2D eigenvalue weighted by Crippen LogP contribution is -2.14. The van der Waals surface area contributed by atoms with Crippen LogP contribution in [0.2, 0.25) is 0 Å². The van der Waals surface area contributed by atoms with Crippen molar-refractivity contribution in [3.05, 3.63) is 56.5 Å². The van der Waals surface area contributed by atoms with Gasteiger partial charge in [0.15, 0.2) is 0 Å². The highest BCUT2D eigenvalue weighted by Crippen LogP contribution is 2.35. The molecular weight excluding hydrogens is 273 g/mol. The molecule has 0 spiro atoms. The van der Waals surface area contributed by atoms with Crippen molar-refractivity contribution >= 4 is 17.2 Å². The van der Waals surface area contributed by atoms with Crippen LogP contribution in [0.25, 0.3) is 0 Å². The predicted molar refractivity (Wildman–Crippen MR) is 78.7 cm³/mol. The molecule has 4 heteroatoms. The van der Waals surface area contributed by atoms with Crippen LogP contribution >= 0.6 is 11.3 Å². The van der Waals surface area contributed by atoms with Crippen LogP contribution in [0.1, 0.15) is 37.7 Å². The van der Waals surface area contributed by atoms with Gasteiger partial charge in [0, 0.05) is 9.75 Å². The molecular formula is C16H16FNOS. The quantitative estimate of drug-likeness (QED) is 0.922. The topological polar surface area (TPSA) is 43.1 Å². The Labute approximate surface area is 121 Å². The number of hydrogen-bond acceptors (Lipinski definition) is 2. The molecule has 1 aliphatic rings. The smallest absolute Gasteiger partial charge is 0.250 e. The second-order valence-electron chi connectivity index (χ2n) is 5.15. The van der Waals surface area contributed by atoms with E-state index >= 15 is 0 Å². The number of fused-ring (bicyclic) bond motifs is 1. The standard InChI is InChI=1S/C16H16FNOS/c17-11-7-4-10(5-8-11)6-9-14-15(16(18)19)12-2-1-3-13(12)20-14/h4-5,7-8H,1-3,6,9H2,(H2,18,19). The van der Waals surface area contributed by atoms with Crippen LogP contribution < -0.4 is 5.73 Å². The highest BCUT2D eigenvalue weighted by atomic mass is 32.1. The van der Waals surface area contributed by atoms with Crippen LogP contribution in [-0.2, 0) is 25.7 Å². The molecule has 1 aromatic heterocycles. The summed E-state index contributed by atoms with van der Waals surface area (Å²) >= 11 is 1.72. The van der Waals surface area contributed by atoms with Gasteiger partial charge in [-0.1, -0.05) is 12.1 Å². The van der Waals surface area contributed by atoms with Gasteiger partial charge in [0.1, 0.15) is 5.82 Å². The largest absolute Gasteiger partial charge is 0.366 e. The second kappa shape index (κ2) is 5.37. The summed E-state index contributed by atoms with van der Waals surface area (Å²) in [7, 11) is 0. The van der Waals surface area contributed by atoms with Crippen molar-refractivity contribution in [1.29, 1.82) is 0 Å². The van der Waals surface area contributed by atoms with E-state index in [0.717, 1.165) is 48.1 Å². The fourth-order valence-electron chi connectivity index (χ4n) is 2.83. The van der Waals surface area contributed by atoms with E-state index in [0.29, 0.717) is 0 Å². The van der Waals surface area contributed by atoms with Gasteiger partial charge < -0.3 is 5.73 Å². The van der Waals surface area contributed by atoms with Gasteiger partial charge in [0.25, 0.3) is 0 Å². The molecule has 0 aliphatic heterocycles. The van der Waals surface area contributed by atoms with E-state index in [1.54, 1.807) is 23.5 Å². The molecule has 20 heavy (non-hydrogen) atoms. The molecule has 0 fully saturated rings. The van der Waals surface area contributed by atoms with Crippen LogP contribution in [0, 0.1) is 5.82 Å². The van der Waals surface area contributed by atoms with E-state index in [4.69, 9.17) is 5.73 Å². The van der Waals surface area contributed by atoms with Crippen LogP contribution in [0.4, 0.5) is 4.39 Å². The molecule has 3 rings (SSSR count). The molecule has 1 heterocycles. The second-order valence-corrected chi connectivity index (χ2v) is 6.34. The highest BCUT2D eigenvalue weighted by molar-refractivity contribution is 7.12. The number of halogens is 1. The number of primary amides is 1. The Kier molecular flexibility index (Phi) is 3.57. The van der Waals surface area contributed by atoms with Gasteiger partial charge in [-0.15, -0.1) is 11.3 Å². The first-order valence-electron chi connectivity index (χ1n) is 6.83. The van der Waals surface area contributed by atoms with Gasteiger partial charge in [-0.2, -0.15) is 0 Å².